The van der Waals surface area contributed by atoms with Crippen molar-refractivity contribution in [3.05, 3.63) is 18.3 Å². The molecule has 0 bridgehead atoms. The second-order valence-electron chi connectivity index (χ2n) is 3.60. The fraction of sp³-hybridized carbons (Fsp3) is 0.455. The van der Waals surface area contributed by atoms with E-state index in [1.165, 1.54) is 0 Å². The lowest BCUT2D eigenvalue weighted by Gasteiger charge is -2.15. The van der Waals surface area contributed by atoms with E-state index in [9.17, 15) is 4.79 Å². The van der Waals surface area contributed by atoms with Crippen LogP contribution in [0.4, 0.5) is 11.5 Å². The topological polar surface area (TPSA) is 80.0 Å². The van der Waals surface area contributed by atoms with Crippen LogP contribution in [0.15, 0.2) is 18.3 Å². The van der Waals surface area contributed by atoms with Crippen molar-refractivity contribution < 1.29 is 4.79 Å². The molecule has 1 rings (SSSR count). The van der Waals surface area contributed by atoms with E-state index in [0.717, 1.165) is 6.42 Å². The lowest BCUT2D eigenvalue weighted by molar-refractivity contribution is -0.121. The largest absolute Gasteiger partial charge is 0.396 e. The van der Waals surface area contributed by atoms with E-state index in [1.54, 1.807) is 25.3 Å². The Morgan fingerprint density at radius 3 is 3.00 bits per heavy atom. The minimum atomic E-state index is -0.344. The number of anilines is 2. The maximum atomic E-state index is 11.6. The first-order chi connectivity index (χ1) is 7.65. The summed E-state index contributed by atoms with van der Waals surface area (Å²) in [5.41, 5.74) is 6.25. The lowest BCUT2D eigenvalue weighted by atomic mass is 10.3. The summed E-state index contributed by atoms with van der Waals surface area (Å²) >= 11 is 0. The van der Waals surface area contributed by atoms with Gasteiger partial charge in [-0.1, -0.05) is 6.92 Å². The molecule has 0 saturated heterocycles. The molecule has 0 aliphatic carbocycles. The van der Waals surface area contributed by atoms with E-state index in [4.69, 9.17) is 5.73 Å². The summed E-state index contributed by atoms with van der Waals surface area (Å²) in [6.07, 6.45) is 2.56. The normalized spacial score (nSPS) is 11.9. The van der Waals surface area contributed by atoms with Crippen LogP contribution in [-0.4, -0.2) is 23.5 Å². The lowest BCUT2D eigenvalue weighted by Crippen LogP contribution is -2.38. The highest BCUT2D eigenvalue weighted by molar-refractivity contribution is 5.84. The zero-order valence-electron chi connectivity index (χ0n) is 9.66. The molecule has 0 aliphatic heterocycles. The van der Waals surface area contributed by atoms with Crippen molar-refractivity contribution in [3.63, 3.8) is 0 Å². The third kappa shape index (κ3) is 3.42. The van der Waals surface area contributed by atoms with Crippen LogP contribution >= 0.6 is 0 Å². The SMILES string of the molecule is CCCNC(=O)C(C)Nc1ncccc1N. The number of aromatic nitrogens is 1. The number of carbonyl (C=O) groups is 1. The summed E-state index contributed by atoms with van der Waals surface area (Å²) in [6, 6.07) is 3.15. The Labute approximate surface area is 95.4 Å². The van der Waals surface area contributed by atoms with Crippen LogP contribution in [0.5, 0.6) is 0 Å². The average molecular weight is 222 g/mol. The molecule has 5 nitrogen and oxygen atoms in total. The van der Waals surface area contributed by atoms with Crippen LogP contribution in [0, 0.1) is 0 Å². The Morgan fingerprint density at radius 2 is 2.38 bits per heavy atom. The van der Waals surface area contributed by atoms with Gasteiger partial charge in [-0.2, -0.15) is 0 Å². The quantitative estimate of drug-likeness (QED) is 0.694. The minimum absolute atomic E-state index is 0.0492. The Balaban J connectivity index is 2.54. The number of nitrogen functional groups attached to an aromatic ring is 1. The highest BCUT2D eigenvalue weighted by atomic mass is 16.2. The van der Waals surface area contributed by atoms with Gasteiger partial charge < -0.3 is 16.4 Å². The second-order valence-corrected chi connectivity index (χ2v) is 3.60. The molecule has 0 saturated carbocycles. The highest BCUT2D eigenvalue weighted by Gasteiger charge is 2.12. The molecular formula is C11H18N4O. The van der Waals surface area contributed by atoms with Crippen LogP contribution in [0.3, 0.4) is 0 Å². The molecule has 0 aliphatic rings. The predicted octanol–water partition coefficient (Wildman–Crippen LogP) is 0.990. The molecule has 1 atom stereocenters. The predicted molar refractivity (Wildman–Crippen MR) is 65.0 cm³/mol. The van der Waals surface area contributed by atoms with E-state index >= 15 is 0 Å². The number of nitrogens with two attached hydrogens (primary N) is 1. The van der Waals surface area contributed by atoms with Crippen LogP contribution in [0.25, 0.3) is 0 Å². The van der Waals surface area contributed by atoms with Gasteiger partial charge in [-0.3, -0.25) is 4.79 Å². The van der Waals surface area contributed by atoms with Gasteiger partial charge in [-0.25, -0.2) is 4.98 Å². The summed E-state index contributed by atoms with van der Waals surface area (Å²) < 4.78 is 0. The van der Waals surface area contributed by atoms with Crippen LogP contribution in [0.1, 0.15) is 20.3 Å². The Kier molecular flexibility index (Phi) is 4.57. The Bertz CT molecular complexity index is 354. The number of rotatable bonds is 5. The maximum absolute atomic E-state index is 11.6. The van der Waals surface area contributed by atoms with E-state index in [0.29, 0.717) is 18.1 Å². The number of hydrogen-bond donors (Lipinski definition) is 3. The van der Waals surface area contributed by atoms with Crippen molar-refractivity contribution in [1.29, 1.82) is 0 Å². The van der Waals surface area contributed by atoms with E-state index in [2.05, 4.69) is 15.6 Å². The molecule has 0 fully saturated rings. The first-order valence-electron chi connectivity index (χ1n) is 5.40. The molecule has 1 amide bonds. The molecule has 0 spiro atoms. The molecule has 16 heavy (non-hydrogen) atoms. The first kappa shape index (κ1) is 12.3. The number of carbonyl (C=O) groups excluding carboxylic acids is 1. The summed E-state index contributed by atoms with van der Waals surface area (Å²) in [5.74, 6) is 0.494. The maximum Gasteiger partial charge on any atom is 0.242 e. The monoisotopic (exact) mass is 222 g/mol. The summed E-state index contributed by atoms with van der Waals surface area (Å²) in [5, 5.41) is 5.77. The molecule has 1 unspecified atom stereocenters. The van der Waals surface area contributed by atoms with Crippen molar-refractivity contribution in [2.45, 2.75) is 26.3 Å². The number of nitrogens with one attached hydrogen (secondary N) is 2. The fourth-order valence-electron chi connectivity index (χ4n) is 1.21. The molecule has 1 heterocycles. The van der Waals surface area contributed by atoms with Crippen molar-refractivity contribution in [3.8, 4) is 0 Å². The van der Waals surface area contributed by atoms with Gasteiger partial charge in [0.05, 0.1) is 5.69 Å². The third-order valence-electron chi connectivity index (χ3n) is 2.13. The molecule has 88 valence electrons. The van der Waals surface area contributed by atoms with Crippen molar-refractivity contribution in [1.82, 2.24) is 10.3 Å². The smallest absolute Gasteiger partial charge is 0.242 e. The van der Waals surface area contributed by atoms with Gasteiger partial charge in [0.25, 0.3) is 0 Å². The van der Waals surface area contributed by atoms with Crippen LogP contribution in [-0.2, 0) is 4.79 Å². The van der Waals surface area contributed by atoms with Gasteiger partial charge in [0.2, 0.25) is 5.91 Å². The van der Waals surface area contributed by atoms with Crippen molar-refractivity contribution in [2.24, 2.45) is 0 Å². The molecule has 5 heteroatoms. The fourth-order valence-corrected chi connectivity index (χ4v) is 1.21. The van der Waals surface area contributed by atoms with Gasteiger partial charge in [-0.15, -0.1) is 0 Å². The van der Waals surface area contributed by atoms with E-state index < -0.39 is 0 Å². The van der Waals surface area contributed by atoms with Gasteiger partial charge in [0.15, 0.2) is 0 Å². The third-order valence-corrected chi connectivity index (χ3v) is 2.13. The Morgan fingerprint density at radius 1 is 1.62 bits per heavy atom. The molecule has 1 aromatic rings. The molecule has 0 aromatic carbocycles. The second kappa shape index (κ2) is 5.95. The zero-order valence-corrected chi connectivity index (χ0v) is 9.66. The van der Waals surface area contributed by atoms with Crippen LogP contribution < -0.4 is 16.4 Å². The summed E-state index contributed by atoms with van der Waals surface area (Å²) in [4.78, 5) is 15.6. The molecule has 0 radical (unpaired) electrons. The number of nitrogens with zero attached hydrogens (tertiary/aromatic N) is 1. The van der Waals surface area contributed by atoms with Gasteiger partial charge >= 0.3 is 0 Å². The van der Waals surface area contributed by atoms with Crippen molar-refractivity contribution >= 4 is 17.4 Å². The van der Waals surface area contributed by atoms with Crippen LogP contribution in [0.2, 0.25) is 0 Å². The van der Waals surface area contributed by atoms with Crippen molar-refractivity contribution in [2.75, 3.05) is 17.6 Å². The summed E-state index contributed by atoms with van der Waals surface area (Å²) in [7, 11) is 0. The molecule has 1 aromatic heterocycles. The molecular weight excluding hydrogens is 204 g/mol. The van der Waals surface area contributed by atoms with E-state index in [1.807, 2.05) is 6.92 Å². The number of pyridine rings is 1. The van der Waals surface area contributed by atoms with Gasteiger partial charge in [0, 0.05) is 12.7 Å². The first-order valence-corrected chi connectivity index (χ1v) is 5.40. The van der Waals surface area contributed by atoms with Gasteiger partial charge in [0.1, 0.15) is 11.9 Å². The van der Waals surface area contributed by atoms with Gasteiger partial charge in [-0.05, 0) is 25.5 Å². The average Bonchev–Trinajstić information content (AvgIpc) is 2.28. The van der Waals surface area contributed by atoms with E-state index in [-0.39, 0.29) is 11.9 Å². The Hall–Kier alpha value is -1.78. The standard InChI is InChI=1S/C11H18N4O/c1-3-6-14-11(16)8(2)15-10-9(12)5-4-7-13-10/h4-5,7-8H,3,6,12H2,1-2H3,(H,13,15)(H,14,16). The zero-order chi connectivity index (χ0) is 12.0. The molecule has 4 N–H and O–H groups in total. The number of amides is 1. The minimum Gasteiger partial charge on any atom is -0.396 e. The highest BCUT2D eigenvalue weighted by Crippen LogP contribution is 2.13. The number of hydrogen-bond acceptors (Lipinski definition) is 4. The summed E-state index contributed by atoms with van der Waals surface area (Å²) in [6.45, 7) is 4.47.